The maximum Gasteiger partial charge on any atom is 0.196 e. The number of allylic oxidation sites excluding steroid dienone is 1. The molecular formula is C13H18O5. The summed E-state index contributed by atoms with van der Waals surface area (Å²) in [7, 11) is 0. The van der Waals surface area contributed by atoms with Gasteiger partial charge in [0.15, 0.2) is 11.4 Å². The average Bonchev–Trinajstić information content (AvgIpc) is 2.26. The van der Waals surface area contributed by atoms with Crippen molar-refractivity contribution < 1.29 is 24.9 Å². The van der Waals surface area contributed by atoms with E-state index in [4.69, 9.17) is 4.74 Å². The Hall–Kier alpha value is -1.17. The SMILES string of the molecule is CC(O)CC1=CC2=C(CO1)C(=O)C(C)(O)C(O)C2. The molecule has 0 radical (unpaired) electrons. The molecule has 18 heavy (non-hydrogen) atoms. The van der Waals surface area contributed by atoms with Crippen molar-refractivity contribution in [1.82, 2.24) is 0 Å². The van der Waals surface area contributed by atoms with Gasteiger partial charge in [-0.05, 0) is 25.5 Å². The van der Waals surface area contributed by atoms with Crippen molar-refractivity contribution in [2.45, 2.75) is 44.5 Å². The Morgan fingerprint density at radius 1 is 1.61 bits per heavy atom. The van der Waals surface area contributed by atoms with Crippen LogP contribution >= 0.6 is 0 Å². The molecular weight excluding hydrogens is 236 g/mol. The van der Waals surface area contributed by atoms with E-state index in [1.807, 2.05) is 0 Å². The zero-order valence-electron chi connectivity index (χ0n) is 10.5. The van der Waals surface area contributed by atoms with Crippen LogP contribution in [0.3, 0.4) is 0 Å². The van der Waals surface area contributed by atoms with Gasteiger partial charge in [0.25, 0.3) is 0 Å². The Kier molecular flexibility index (Phi) is 3.31. The monoisotopic (exact) mass is 254 g/mol. The predicted octanol–water partition coefficient (Wildman–Crippen LogP) is 0.0527. The molecule has 5 heteroatoms. The molecule has 0 saturated carbocycles. The van der Waals surface area contributed by atoms with E-state index in [0.29, 0.717) is 23.3 Å². The minimum atomic E-state index is -1.74. The quantitative estimate of drug-likeness (QED) is 0.648. The largest absolute Gasteiger partial charge is 0.493 e. The van der Waals surface area contributed by atoms with Crippen LogP contribution in [0.4, 0.5) is 0 Å². The van der Waals surface area contributed by atoms with Crippen LogP contribution in [0.25, 0.3) is 0 Å². The number of carbonyl (C=O) groups excluding carboxylic acids is 1. The third kappa shape index (κ3) is 2.21. The molecule has 1 aliphatic heterocycles. The molecule has 0 saturated heterocycles. The highest BCUT2D eigenvalue weighted by atomic mass is 16.5. The van der Waals surface area contributed by atoms with E-state index in [1.165, 1.54) is 6.92 Å². The molecule has 0 fully saturated rings. The molecule has 0 aromatic heterocycles. The minimum Gasteiger partial charge on any atom is -0.493 e. The fourth-order valence-corrected chi connectivity index (χ4v) is 2.25. The van der Waals surface area contributed by atoms with Crippen LogP contribution in [-0.4, -0.2) is 45.5 Å². The predicted molar refractivity (Wildman–Crippen MR) is 63.6 cm³/mol. The molecule has 2 rings (SSSR count). The number of rotatable bonds is 2. The fourth-order valence-electron chi connectivity index (χ4n) is 2.25. The number of Topliss-reactive ketones (excluding diaryl/α,β-unsaturated/α-hetero) is 1. The average molecular weight is 254 g/mol. The van der Waals surface area contributed by atoms with Crippen LogP contribution in [0.5, 0.6) is 0 Å². The maximum atomic E-state index is 12.0. The molecule has 0 bridgehead atoms. The molecule has 0 aromatic rings. The summed E-state index contributed by atoms with van der Waals surface area (Å²) in [5.74, 6) is 0.119. The van der Waals surface area contributed by atoms with E-state index >= 15 is 0 Å². The number of ketones is 1. The van der Waals surface area contributed by atoms with Crippen molar-refractivity contribution in [3.63, 3.8) is 0 Å². The number of aliphatic hydroxyl groups is 3. The highest BCUT2D eigenvalue weighted by molar-refractivity contribution is 6.04. The smallest absolute Gasteiger partial charge is 0.196 e. The van der Waals surface area contributed by atoms with Crippen LogP contribution in [-0.2, 0) is 9.53 Å². The lowest BCUT2D eigenvalue weighted by Gasteiger charge is -2.36. The second kappa shape index (κ2) is 4.50. The summed E-state index contributed by atoms with van der Waals surface area (Å²) in [5.41, 5.74) is -0.627. The van der Waals surface area contributed by atoms with Crippen LogP contribution in [0.15, 0.2) is 23.0 Å². The van der Waals surface area contributed by atoms with E-state index in [2.05, 4.69) is 0 Å². The lowest BCUT2D eigenvalue weighted by atomic mass is 9.77. The summed E-state index contributed by atoms with van der Waals surface area (Å²) in [6.45, 7) is 3.06. The van der Waals surface area contributed by atoms with Gasteiger partial charge in [-0.1, -0.05) is 0 Å². The summed E-state index contributed by atoms with van der Waals surface area (Å²) < 4.78 is 5.39. The summed E-state index contributed by atoms with van der Waals surface area (Å²) in [4.78, 5) is 12.0. The highest BCUT2D eigenvalue weighted by Gasteiger charge is 2.45. The molecule has 0 spiro atoms. The van der Waals surface area contributed by atoms with E-state index in [9.17, 15) is 20.1 Å². The molecule has 2 aliphatic rings. The van der Waals surface area contributed by atoms with Crippen molar-refractivity contribution >= 4 is 5.78 Å². The third-order valence-electron chi connectivity index (χ3n) is 3.42. The van der Waals surface area contributed by atoms with Crippen molar-refractivity contribution in [3.8, 4) is 0 Å². The van der Waals surface area contributed by atoms with Gasteiger partial charge in [-0.25, -0.2) is 0 Å². The lowest BCUT2D eigenvalue weighted by molar-refractivity contribution is -0.145. The van der Waals surface area contributed by atoms with Gasteiger partial charge in [-0.15, -0.1) is 0 Å². The molecule has 1 heterocycles. The number of hydrogen-bond donors (Lipinski definition) is 3. The second-order valence-electron chi connectivity index (χ2n) is 5.15. The Morgan fingerprint density at radius 3 is 2.89 bits per heavy atom. The molecule has 5 nitrogen and oxygen atoms in total. The van der Waals surface area contributed by atoms with Gasteiger partial charge < -0.3 is 20.1 Å². The molecule has 3 unspecified atom stereocenters. The first-order valence-electron chi connectivity index (χ1n) is 6.01. The molecule has 0 amide bonds. The Morgan fingerprint density at radius 2 is 2.28 bits per heavy atom. The Labute approximate surface area is 105 Å². The number of ether oxygens (including phenoxy) is 1. The van der Waals surface area contributed by atoms with E-state index in [-0.39, 0.29) is 13.0 Å². The topological polar surface area (TPSA) is 87.0 Å². The fraction of sp³-hybridized carbons (Fsp3) is 0.615. The summed E-state index contributed by atoms with van der Waals surface area (Å²) >= 11 is 0. The number of hydrogen-bond acceptors (Lipinski definition) is 5. The van der Waals surface area contributed by atoms with Crippen LogP contribution in [0.2, 0.25) is 0 Å². The van der Waals surface area contributed by atoms with Crippen molar-refractivity contribution in [2.24, 2.45) is 0 Å². The third-order valence-corrected chi connectivity index (χ3v) is 3.42. The molecule has 1 aliphatic carbocycles. The van der Waals surface area contributed by atoms with Gasteiger partial charge >= 0.3 is 0 Å². The van der Waals surface area contributed by atoms with Crippen molar-refractivity contribution in [1.29, 1.82) is 0 Å². The minimum absolute atomic E-state index is 0.0928. The van der Waals surface area contributed by atoms with Gasteiger partial charge in [-0.2, -0.15) is 0 Å². The Balaban J connectivity index is 2.30. The molecule has 3 atom stereocenters. The zero-order chi connectivity index (χ0) is 13.5. The van der Waals surface area contributed by atoms with Crippen molar-refractivity contribution in [3.05, 3.63) is 23.0 Å². The maximum absolute atomic E-state index is 12.0. The van der Waals surface area contributed by atoms with Gasteiger partial charge in [0.2, 0.25) is 0 Å². The zero-order valence-corrected chi connectivity index (χ0v) is 10.5. The number of carbonyl (C=O) groups is 1. The normalized spacial score (nSPS) is 33.7. The van der Waals surface area contributed by atoms with Gasteiger partial charge in [0.1, 0.15) is 6.61 Å². The first-order valence-corrected chi connectivity index (χ1v) is 6.01. The summed E-state index contributed by atoms with van der Waals surface area (Å²) in [5, 5.41) is 29.0. The summed E-state index contributed by atoms with van der Waals surface area (Å²) in [6, 6.07) is 0. The first-order chi connectivity index (χ1) is 8.32. The van der Waals surface area contributed by atoms with Crippen molar-refractivity contribution in [2.75, 3.05) is 6.61 Å². The molecule has 0 aromatic carbocycles. The van der Waals surface area contributed by atoms with Gasteiger partial charge in [0, 0.05) is 18.4 Å². The second-order valence-corrected chi connectivity index (χ2v) is 5.15. The first kappa shape index (κ1) is 13.3. The van der Waals surface area contributed by atoms with E-state index in [1.54, 1.807) is 13.0 Å². The standard InChI is InChI=1S/C13H18O5/c1-7(14)3-9-4-8-5-11(15)13(2,17)12(16)10(8)6-18-9/h4,7,11,14-15,17H,3,5-6H2,1-2H3. The number of aliphatic hydroxyl groups excluding tert-OH is 2. The van der Waals surface area contributed by atoms with Crippen LogP contribution in [0.1, 0.15) is 26.7 Å². The van der Waals surface area contributed by atoms with E-state index < -0.39 is 23.6 Å². The Bertz CT molecular complexity index is 431. The molecule has 100 valence electrons. The lowest BCUT2D eigenvalue weighted by Crippen LogP contribution is -2.51. The van der Waals surface area contributed by atoms with E-state index in [0.717, 1.165) is 0 Å². The van der Waals surface area contributed by atoms with Gasteiger partial charge in [-0.3, -0.25) is 4.79 Å². The van der Waals surface area contributed by atoms with Gasteiger partial charge in [0.05, 0.1) is 18.0 Å². The van der Waals surface area contributed by atoms with Crippen LogP contribution in [0, 0.1) is 0 Å². The highest BCUT2D eigenvalue weighted by Crippen LogP contribution is 2.34. The summed E-state index contributed by atoms with van der Waals surface area (Å²) in [6.07, 6.45) is 0.650. The molecule has 3 N–H and O–H groups in total. The van der Waals surface area contributed by atoms with Crippen LogP contribution < -0.4 is 0 Å².